The van der Waals surface area contributed by atoms with Gasteiger partial charge in [-0.2, -0.15) is 0 Å². The number of carbonyl (C=O) groups is 4. The first kappa shape index (κ1) is 57.6. The SMILES string of the molecule is CC(=O)O[C@H]1O[C@@H](OC(CC(=O)OCc2ccc(O[C@H]3O[C@@H](CO)[C@H](O)[C@@H](O)[C@@H]3O)cc2)(CC(C)C)C(=O)OCc2ccc(O[C@H]3O[C@@H](CO)[C@H](O)[C@@H](O)[C@@H]3O)cc2)[C@H](O)[C@@H](O)[C@@H]1OC(=O)/C=C/c1ccccc1. The minimum absolute atomic E-state index is 0.0983. The molecule has 0 aliphatic carbocycles. The molecule has 3 saturated heterocycles. The highest BCUT2D eigenvalue weighted by Crippen LogP contribution is 2.36. The highest BCUT2D eigenvalue weighted by atomic mass is 16.8. The zero-order valence-corrected chi connectivity index (χ0v) is 40.3. The van der Waals surface area contributed by atoms with Crippen molar-refractivity contribution in [2.45, 2.75) is 145 Å². The van der Waals surface area contributed by atoms with E-state index in [4.69, 9.17) is 47.4 Å². The lowest BCUT2D eigenvalue weighted by molar-refractivity contribution is -0.359. The number of benzene rings is 3. The zero-order valence-electron chi connectivity index (χ0n) is 40.3. The van der Waals surface area contributed by atoms with Crippen molar-refractivity contribution in [1.82, 2.24) is 0 Å². The number of aliphatic hydroxyl groups is 10. The van der Waals surface area contributed by atoms with Crippen molar-refractivity contribution in [3.63, 3.8) is 0 Å². The topological polar surface area (TPSA) is 363 Å². The molecule has 0 radical (unpaired) electrons. The summed E-state index contributed by atoms with van der Waals surface area (Å²) in [6.45, 7) is 2.12. The van der Waals surface area contributed by atoms with Gasteiger partial charge >= 0.3 is 23.9 Å². The smallest absolute Gasteiger partial charge is 0.339 e. The second-order valence-corrected chi connectivity index (χ2v) is 18.2. The van der Waals surface area contributed by atoms with Crippen LogP contribution >= 0.6 is 0 Å². The molecule has 0 spiro atoms. The van der Waals surface area contributed by atoms with Crippen molar-refractivity contribution in [3.05, 3.63) is 102 Å². The highest BCUT2D eigenvalue weighted by molar-refractivity contribution is 5.87. The third-order valence-electron chi connectivity index (χ3n) is 11.9. The molecular formula is C50H62O24. The van der Waals surface area contributed by atoms with Gasteiger partial charge in [-0.25, -0.2) is 9.59 Å². The predicted molar refractivity (Wildman–Crippen MR) is 247 cm³/mol. The maximum atomic E-state index is 14.6. The molecular weight excluding hydrogens is 985 g/mol. The molecule has 406 valence electrons. The minimum atomic E-state index is -2.39. The van der Waals surface area contributed by atoms with Gasteiger partial charge in [0.15, 0.2) is 18.0 Å². The summed E-state index contributed by atoms with van der Waals surface area (Å²) < 4.78 is 56.1. The largest absolute Gasteiger partial charge is 0.462 e. The van der Waals surface area contributed by atoms with Crippen LogP contribution in [0, 0.1) is 5.92 Å². The molecule has 0 saturated carbocycles. The van der Waals surface area contributed by atoms with Gasteiger partial charge in [0.25, 0.3) is 0 Å². The Kier molecular flexibility index (Phi) is 20.4. The number of rotatable bonds is 21. The molecule has 24 nitrogen and oxygen atoms in total. The third kappa shape index (κ3) is 14.8. The molecule has 24 heteroatoms. The van der Waals surface area contributed by atoms with E-state index in [1.165, 1.54) is 54.6 Å². The van der Waals surface area contributed by atoms with Gasteiger partial charge in [-0.1, -0.05) is 68.4 Å². The fraction of sp³-hybridized carbons (Fsp3) is 0.520. The van der Waals surface area contributed by atoms with Crippen LogP contribution in [0.25, 0.3) is 6.08 Å². The van der Waals surface area contributed by atoms with E-state index in [1.807, 2.05) is 0 Å². The Bertz CT molecular complexity index is 2310. The van der Waals surface area contributed by atoms with E-state index in [9.17, 15) is 70.2 Å². The maximum absolute atomic E-state index is 14.6. The molecule has 74 heavy (non-hydrogen) atoms. The Hall–Kier alpha value is -5.68. The second-order valence-electron chi connectivity index (χ2n) is 18.2. The summed E-state index contributed by atoms with van der Waals surface area (Å²) in [6.07, 6.45) is -24.2. The van der Waals surface area contributed by atoms with E-state index < -0.39 is 161 Å². The minimum Gasteiger partial charge on any atom is -0.462 e. The molecule has 6 rings (SSSR count). The first-order chi connectivity index (χ1) is 35.2. The van der Waals surface area contributed by atoms with Crippen LogP contribution in [0.5, 0.6) is 11.5 Å². The van der Waals surface area contributed by atoms with Gasteiger partial charge in [0, 0.05) is 13.0 Å². The molecule has 16 atom stereocenters. The van der Waals surface area contributed by atoms with Crippen molar-refractivity contribution in [2.75, 3.05) is 13.2 Å². The first-order valence-corrected chi connectivity index (χ1v) is 23.5. The Morgan fingerprint density at radius 3 is 1.58 bits per heavy atom. The number of esters is 4. The van der Waals surface area contributed by atoms with Crippen molar-refractivity contribution in [3.8, 4) is 11.5 Å². The molecule has 3 fully saturated rings. The number of hydrogen-bond donors (Lipinski definition) is 10. The van der Waals surface area contributed by atoms with E-state index in [0.717, 1.165) is 13.0 Å². The average Bonchev–Trinajstić information content (AvgIpc) is 3.38. The zero-order chi connectivity index (χ0) is 53.9. The van der Waals surface area contributed by atoms with Crippen molar-refractivity contribution in [2.24, 2.45) is 5.92 Å². The summed E-state index contributed by atoms with van der Waals surface area (Å²) in [4.78, 5) is 53.7. The Morgan fingerprint density at radius 1 is 0.595 bits per heavy atom. The lowest BCUT2D eigenvalue weighted by Gasteiger charge is -2.44. The summed E-state index contributed by atoms with van der Waals surface area (Å²) in [5.41, 5.74) is -1.05. The van der Waals surface area contributed by atoms with Crippen LogP contribution < -0.4 is 9.47 Å². The standard InChI is InChI=1S/C50H62O24/c1-25(2)19-50(49(64)66-24-29-11-16-31(17-12-29)69-46-42(62)39(59)37(57)33(22-52)71-46,20-35(55)65-23-28-9-14-30(15-10-28)68-45-41(61)38(58)36(56)32(21-51)70-45)74-47-43(63)40(60)44(48(73-47)67-26(3)53)72-34(54)18-13-27-7-5-4-6-8-27/h4-18,25,32-33,36-48,51-52,56-63H,19-24H2,1-3H3/b18-13+/t32-,33-,36-,37-,38+,39+,40+,41-,42-,43+,44-,45-,46-,47-,48-,50?/m0/s1. The van der Waals surface area contributed by atoms with Gasteiger partial charge < -0.3 is 98.4 Å². The van der Waals surface area contributed by atoms with E-state index in [1.54, 1.807) is 44.2 Å². The van der Waals surface area contributed by atoms with Crippen molar-refractivity contribution in [1.29, 1.82) is 0 Å². The molecule has 3 heterocycles. The summed E-state index contributed by atoms with van der Waals surface area (Å²) in [7, 11) is 0. The van der Waals surface area contributed by atoms with Gasteiger partial charge in [-0.15, -0.1) is 0 Å². The average molecular weight is 1050 g/mol. The van der Waals surface area contributed by atoms with Crippen LogP contribution in [-0.2, 0) is 70.3 Å². The quantitative estimate of drug-likeness (QED) is 0.0334. The summed E-state index contributed by atoms with van der Waals surface area (Å²) >= 11 is 0. The first-order valence-electron chi connectivity index (χ1n) is 23.5. The second kappa shape index (κ2) is 26.2. The summed E-state index contributed by atoms with van der Waals surface area (Å²) in [6, 6.07) is 20.1. The molecule has 0 aromatic heterocycles. The van der Waals surface area contributed by atoms with Gasteiger partial charge in [-0.05, 0) is 59.4 Å². The van der Waals surface area contributed by atoms with Crippen molar-refractivity contribution >= 4 is 30.0 Å². The predicted octanol–water partition coefficient (Wildman–Crippen LogP) is -1.39. The molecule has 0 bridgehead atoms. The third-order valence-corrected chi connectivity index (χ3v) is 11.9. The van der Waals surface area contributed by atoms with E-state index in [-0.39, 0.29) is 17.9 Å². The Morgan fingerprint density at radius 2 is 1.09 bits per heavy atom. The van der Waals surface area contributed by atoms with Crippen LogP contribution in [0.2, 0.25) is 0 Å². The summed E-state index contributed by atoms with van der Waals surface area (Å²) in [5.74, 6) is -4.48. The van der Waals surface area contributed by atoms with Crippen LogP contribution in [0.15, 0.2) is 84.9 Å². The summed E-state index contributed by atoms with van der Waals surface area (Å²) in [5, 5.41) is 103. The monoisotopic (exact) mass is 1050 g/mol. The van der Waals surface area contributed by atoms with Gasteiger partial charge in [0.05, 0.1) is 19.6 Å². The van der Waals surface area contributed by atoms with E-state index >= 15 is 0 Å². The van der Waals surface area contributed by atoms with Gasteiger partial charge in [0.1, 0.15) is 85.8 Å². The molecule has 3 aromatic carbocycles. The molecule has 3 aromatic rings. The normalized spacial score (nSPS) is 31.0. The number of carbonyl (C=O) groups excluding carboxylic acids is 4. The van der Waals surface area contributed by atoms with Crippen LogP contribution in [0.1, 0.15) is 50.3 Å². The fourth-order valence-corrected chi connectivity index (χ4v) is 8.09. The van der Waals surface area contributed by atoms with Crippen LogP contribution in [0.4, 0.5) is 0 Å². The van der Waals surface area contributed by atoms with Crippen LogP contribution in [-0.4, -0.2) is 186 Å². The molecule has 3 aliphatic rings. The van der Waals surface area contributed by atoms with Gasteiger partial charge in [0.2, 0.25) is 18.9 Å². The van der Waals surface area contributed by atoms with E-state index in [0.29, 0.717) is 16.7 Å². The Balaban J connectivity index is 1.20. The maximum Gasteiger partial charge on any atom is 0.339 e. The number of hydrogen-bond acceptors (Lipinski definition) is 24. The molecule has 10 N–H and O–H groups in total. The molecule has 3 aliphatic heterocycles. The Labute approximate surface area is 423 Å². The highest BCUT2D eigenvalue weighted by Gasteiger charge is 2.55. The molecule has 1 unspecified atom stereocenters. The number of aliphatic hydroxyl groups excluding tert-OH is 10. The lowest BCUT2D eigenvalue weighted by Crippen LogP contribution is -2.63. The molecule has 0 amide bonds. The van der Waals surface area contributed by atoms with Gasteiger partial charge in [-0.3, -0.25) is 9.59 Å². The van der Waals surface area contributed by atoms with Crippen molar-refractivity contribution < 1.29 is 118 Å². The van der Waals surface area contributed by atoms with Crippen LogP contribution in [0.3, 0.4) is 0 Å². The fourth-order valence-electron chi connectivity index (χ4n) is 8.09. The lowest BCUT2D eigenvalue weighted by atomic mass is 9.88. The number of ether oxygens (including phenoxy) is 10. The van der Waals surface area contributed by atoms with E-state index in [2.05, 4.69) is 0 Å².